The van der Waals surface area contributed by atoms with E-state index >= 15 is 0 Å². The summed E-state index contributed by atoms with van der Waals surface area (Å²) in [6, 6.07) is 22.8. The molecule has 1 fully saturated rings. The third-order valence-electron chi connectivity index (χ3n) is 5.63. The Morgan fingerprint density at radius 1 is 1.00 bits per heavy atom. The van der Waals surface area contributed by atoms with Gasteiger partial charge in [0, 0.05) is 17.1 Å². The van der Waals surface area contributed by atoms with Gasteiger partial charge in [-0.3, -0.25) is 9.59 Å². The standard InChI is InChI=1S/C27H24ClNO4/c1-2-33-22-13-11-19(12-14-22)25(30)23-24(20-9-6-10-21(28)17-20)29(27(32)26(23)31)16-15-18-7-4-3-5-8-18/h3-14,17,24,30H,2,15-16H2,1H3/b25-23+. The molecule has 0 radical (unpaired) electrons. The van der Waals surface area contributed by atoms with Crippen molar-refractivity contribution in [3.05, 3.63) is 106 Å². The molecule has 1 atom stereocenters. The van der Waals surface area contributed by atoms with Crippen molar-refractivity contribution in [2.45, 2.75) is 19.4 Å². The van der Waals surface area contributed by atoms with Gasteiger partial charge in [-0.15, -0.1) is 0 Å². The van der Waals surface area contributed by atoms with Crippen LogP contribution in [0.25, 0.3) is 5.76 Å². The molecular formula is C27H24ClNO4. The van der Waals surface area contributed by atoms with Crippen LogP contribution in [0.2, 0.25) is 5.02 Å². The van der Waals surface area contributed by atoms with Crippen LogP contribution in [0.5, 0.6) is 5.75 Å². The van der Waals surface area contributed by atoms with Crippen molar-refractivity contribution in [1.82, 2.24) is 4.90 Å². The molecule has 3 aromatic carbocycles. The van der Waals surface area contributed by atoms with Crippen LogP contribution in [-0.2, 0) is 16.0 Å². The van der Waals surface area contributed by atoms with Crippen molar-refractivity contribution in [3.8, 4) is 5.75 Å². The first-order valence-corrected chi connectivity index (χ1v) is 11.2. The van der Waals surface area contributed by atoms with Crippen LogP contribution in [0.1, 0.15) is 29.7 Å². The Balaban J connectivity index is 1.76. The normalized spacial score (nSPS) is 17.4. The van der Waals surface area contributed by atoms with E-state index in [1.807, 2.05) is 43.3 Å². The number of amides is 1. The minimum absolute atomic E-state index is 0.0551. The first kappa shape index (κ1) is 22.6. The number of nitrogens with zero attached hydrogens (tertiary/aromatic N) is 1. The number of Topliss-reactive ketones (excluding diaryl/α,β-unsaturated/α-hetero) is 1. The van der Waals surface area contributed by atoms with E-state index in [-0.39, 0.29) is 11.3 Å². The minimum Gasteiger partial charge on any atom is -0.507 e. The van der Waals surface area contributed by atoms with Crippen molar-refractivity contribution in [3.63, 3.8) is 0 Å². The fraction of sp³-hybridized carbons (Fsp3) is 0.185. The lowest BCUT2D eigenvalue weighted by Crippen LogP contribution is -2.31. The molecule has 1 amide bonds. The van der Waals surface area contributed by atoms with Gasteiger partial charge in [0.05, 0.1) is 18.2 Å². The summed E-state index contributed by atoms with van der Waals surface area (Å²) < 4.78 is 5.46. The van der Waals surface area contributed by atoms with Crippen LogP contribution in [0.3, 0.4) is 0 Å². The number of ketones is 1. The van der Waals surface area contributed by atoms with E-state index in [1.54, 1.807) is 42.5 Å². The van der Waals surface area contributed by atoms with Crippen LogP contribution < -0.4 is 4.74 Å². The highest BCUT2D eigenvalue weighted by atomic mass is 35.5. The smallest absolute Gasteiger partial charge is 0.295 e. The van der Waals surface area contributed by atoms with Gasteiger partial charge in [0.1, 0.15) is 11.5 Å². The monoisotopic (exact) mass is 461 g/mol. The summed E-state index contributed by atoms with van der Waals surface area (Å²) in [4.78, 5) is 27.7. The number of aliphatic hydroxyl groups is 1. The summed E-state index contributed by atoms with van der Waals surface area (Å²) in [5.41, 5.74) is 2.21. The molecule has 3 aromatic rings. The molecule has 1 unspecified atom stereocenters. The average Bonchev–Trinajstić information content (AvgIpc) is 3.08. The Hall–Kier alpha value is -3.57. The lowest BCUT2D eigenvalue weighted by Gasteiger charge is -2.25. The molecule has 168 valence electrons. The Kier molecular flexibility index (Phi) is 6.80. The Bertz CT molecular complexity index is 1190. The molecule has 1 heterocycles. The van der Waals surface area contributed by atoms with E-state index in [2.05, 4.69) is 0 Å². The third-order valence-corrected chi connectivity index (χ3v) is 5.86. The Morgan fingerprint density at radius 3 is 2.39 bits per heavy atom. The first-order chi connectivity index (χ1) is 16.0. The molecule has 1 N–H and O–H groups in total. The van der Waals surface area contributed by atoms with Gasteiger partial charge < -0.3 is 14.7 Å². The summed E-state index contributed by atoms with van der Waals surface area (Å²) >= 11 is 6.23. The van der Waals surface area contributed by atoms with E-state index in [1.165, 1.54) is 4.90 Å². The Labute approximate surface area is 197 Å². The highest BCUT2D eigenvalue weighted by Gasteiger charge is 2.45. The maximum atomic E-state index is 13.1. The van der Waals surface area contributed by atoms with Gasteiger partial charge in [-0.2, -0.15) is 0 Å². The molecule has 1 aliphatic rings. The molecule has 0 aliphatic carbocycles. The number of aliphatic hydroxyl groups excluding tert-OH is 1. The van der Waals surface area contributed by atoms with Gasteiger partial charge in [0.15, 0.2) is 0 Å². The van der Waals surface area contributed by atoms with Crippen molar-refractivity contribution >= 4 is 29.1 Å². The van der Waals surface area contributed by atoms with E-state index in [4.69, 9.17) is 16.3 Å². The molecule has 1 aliphatic heterocycles. The second-order valence-electron chi connectivity index (χ2n) is 7.74. The number of carbonyl (C=O) groups excluding carboxylic acids is 2. The second-order valence-corrected chi connectivity index (χ2v) is 8.18. The van der Waals surface area contributed by atoms with Gasteiger partial charge in [0.2, 0.25) is 0 Å². The number of carbonyl (C=O) groups is 2. The SMILES string of the molecule is CCOc1ccc(/C(O)=C2\C(=O)C(=O)N(CCc3ccccc3)C2c2cccc(Cl)c2)cc1. The number of benzene rings is 3. The maximum absolute atomic E-state index is 13.1. The summed E-state index contributed by atoms with van der Waals surface area (Å²) in [6.45, 7) is 2.73. The zero-order valence-corrected chi connectivity index (χ0v) is 19.0. The van der Waals surface area contributed by atoms with E-state index in [9.17, 15) is 14.7 Å². The average molecular weight is 462 g/mol. The number of hydrogen-bond acceptors (Lipinski definition) is 4. The first-order valence-electron chi connectivity index (χ1n) is 10.8. The predicted octanol–water partition coefficient (Wildman–Crippen LogP) is 5.40. The topological polar surface area (TPSA) is 66.8 Å². The molecule has 4 rings (SSSR count). The number of halogens is 1. The number of hydrogen-bond donors (Lipinski definition) is 1. The zero-order chi connectivity index (χ0) is 23.4. The van der Waals surface area contributed by atoms with E-state index in [0.29, 0.717) is 41.5 Å². The summed E-state index contributed by atoms with van der Waals surface area (Å²) in [6.07, 6.45) is 0.577. The maximum Gasteiger partial charge on any atom is 0.295 e. The van der Waals surface area contributed by atoms with Crippen molar-refractivity contribution in [2.75, 3.05) is 13.2 Å². The summed E-state index contributed by atoms with van der Waals surface area (Å²) in [5, 5.41) is 11.6. The fourth-order valence-electron chi connectivity index (χ4n) is 4.06. The zero-order valence-electron chi connectivity index (χ0n) is 18.2. The minimum atomic E-state index is -0.737. The van der Waals surface area contributed by atoms with Crippen molar-refractivity contribution in [2.24, 2.45) is 0 Å². The fourth-order valence-corrected chi connectivity index (χ4v) is 4.26. The molecule has 5 nitrogen and oxygen atoms in total. The molecule has 0 saturated carbocycles. The predicted molar refractivity (Wildman–Crippen MR) is 128 cm³/mol. The van der Waals surface area contributed by atoms with E-state index < -0.39 is 17.7 Å². The number of ether oxygens (including phenoxy) is 1. The van der Waals surface area contributed by atoms with Gasteiger partial charge in [-0.25, -0.2) is 0 Å². The molecule has 33 heavy (non-hydrogen) atoms. The lowest BCUT2D eigenvalue weighted by molar-refractivity contribution is -0.139. The van der Waals surface area contributed by atoms with Gasteiger partial charge in [-0.05, 0) is 60.9 Å². The number of likely N-dealkylation sites (tertiary alicyclic amines) is 1. The summed E-state index contributed by atoms with van der Waals surface area (Å²) in [7, 11) is 0. The van der Waals surface area contributed by atoms with Crippen LogP contribution >= 0.6 is 11.6 Å². The van der Waals surface area contributed by atoms with Crippen LogP contribution in [-0.4, -0.2) is 34.8 Å². The van der Waals surface area contributed by atoms with Gasteiger partial charge >= 0.3 is 0 Å². The van der Waals surface area contributed by atoms with Gasteiger partial charge in [0.25, 0.3) is 11.7 Å². The molecular weight excluding hydrogens is 438 g/mol. The van der Waals surface area contributed by atoms with Crippen LogP contribution in [0.4, 0.5) is 0 Å². The lowest BCUT2D eigenvalue weighted by atomic mass is 9.95. The Morgan fingerprint density at radius 2 is 1.73 bits per heavy atom. The van der Waals surface area contributed by atoms with E-state index in [0.717, 1.165) is 5.56 Å². The van der Waals surface area contributed by atoms with Crippen LogP contribution in [0, 0.1) is 0 Å². The molecule has 0 bridgehead atoms. The van der Waals surface area contributed by atoms with Gasteiger partial charge in [-0.1, -0.05) is 54.1 Å². The quantitative estimate of drug-likeness (QED) is 0.290. The van der Waals surface area contributed by atoms with Crippen molar-refractivity contribution in [1.29, 1.82) is 0 Å². The highest BCUT2D eigenvalue weighted by molar-refractivity contribution is 6.46. The highest BCUT2D eigenvalue weighted by Crippen LogP contribution is 2.40. The molecule has 0 aromatic heterocycles. The van der Waals surface area contributed by atoms with Crippen molar-refractivity contribution < 1.29 is 19.4 Å². The number of rotatable bonds is 7. The third kappa shape index (κ3) is 4.78. The molecule has 6 heteroatoms. The van der Waals surface area contributed by atoms with Crippen LogP contribution in [0.15, 0.2) is 84.4 Å². The largest absolute Gasteiger partial charge is 0.507 e. The molecule has 0 spiro atoms. The summed E-state index contributed by atoms with van der Waals surface area (Å²) in [5.74, 6) is -0.907. The molecule has 1 saturated heterocycles. The second kappa shape index (κ2) is 9.92.